The Morgan fingerprint density at radius 1 is 1.19 bits per heavy atom. The van der Waals surface area contributed by atoms with Gasteiger partial charge in [0.25, 0.3) is 0 Å². The smallest absolute Gasteiger partial charge is 0.118 e. The zero-order chi connectivity index (χ0) is 11.9. The number of fused-ring (bicyclic) bond motifs is 1. The van der Waals surface area contributed by atoms with Crippen LogP contribution in [0.2, 0.25) is 0 Å². The fourth-order valence-electron chi connectivity index (χ4n) is 2.92. The molecule has 0 aromatic heterocycles. The predicted octanol–water partition coefficient (Wildman–Crippen LogP) is 4.34. The van der Waals surface area contributed by atoms with E-state index in [1.54, 1.807) is 0 Å². The molecule has 1 aromatic rings. The van der Waals surface area contributed by atoms with Crippen LogP contribution in [-0.2, 0) is 0 Å². The summed E-state index contributed by atoms with van der Waals surface area (Å²) in [5.41, 5.74) is 3.86. The molecule has 0 amide bonds. The molecule has 2 unspecified atom stereocenters. The fraction of sp³-hybridized carbons (Fsp3) is 0.600. The number of aromatic hydroxyl groups is 1. The molecule has 0 saturated carbocycles. The van der Waals surface area contributed by atoms with Gasteiger partial charge >= 0.3 is 0 Å². The van der Waals surface area contributed by atoms with Crippen molar-refractivity contribution in [1.82, 2.24) is 0 Å². The van der Waals surface area contributed by atoms with E-state index < -0.39 is 0 Å². The monoisotopic (exact) mass is 218 g/mol. The summed E-state index contributed by atoms with van der Waals surface area (Å²) in [6, 6.07) is 4.19. The summed E-state index contributed by atoms with van der Waals surface area (Å²) in [7, 11) is 0. The number of hydrogen-bond acceptors (Lipinski definition) is 1. The molecular formula is C15H22O. The molecule has 1 aliphatic carbocycles. The van der Waals surface area contributed by atoms with Crippen molar-refractivity contribution in [3.63, 3.8) is 0 Å². The number of phenols is 1. The lowest BCUT2D eigenvalue weighted by Crippen LogP contribution is -2.17. The number of phenolic OH excluding ortho intramolecular Hbond substituents is 1. The maximum absolute atomic E-state index is 9.82. The molecule has 0 bridgehead atoms. The van der Waals surface area contributed by atoms with Crippen molar-refractivity contribution in [2.24, 2.45) is 5.92 Å². The molecule has 88 valence electrons. The summed E-state index contributed by atoms with van der Waals surface area (Å²) in [4.78, 5) is 0. The lowest BCUT2D eigenvalue weighted by Gasteiger charge is -2.32. The highest BCUT2D eigenvalue weighted by atomic mass is 16.3. The van der Waals surface area contributed by atoms with Crippen molar-refractivity contribution >= 4 is 0 Å². The second-order valence-electron chi connectivity index (χ2n) is 5.60. The van der Waals surface area contributed by atoms with Crippen molar-refractivity contribution < 1.29 is 5.11 Å². The SMILES string of the molecule is Cc1cc2c(cc1O)C(C)CCC2C(C)C. The molecule has 0 fully saturated rings. The number of rotatable bonds is 1. The van der Waals surface area contributed by atoms with Crippen molar-refractivity contribution in [2.75, 3.05) is 0 Å². The van der Waals surface area contributed by atoms with Gasteiger partial charge in [-0.1, -0.05) is 26.8 Å². The van der Waals surface area contributed by atoms with Gasteiger partial charge in [0, 0.05) is 0 Å². The highest BCUT2D eigenvalue weighted by molar-refractivity contribution is 5.45. The molecule has 0 saturated heterocycles. The quantitative estimate of drug-likeness (QED) is 0.743. The molecule has 0 radical (unpaired) electrons. The van der Waals surface area contributed by atoms with E-state index >= 15 is 0 Å². The van der Waals surface area contributed by atoms with Gasteiger partial charge in [-0.25, -0.2) is 0 Å². The van der Waals surface area contributed by atoms with Crippen molar-refractivity contribution in [2.45, 2.75) is 52.4 Å². The average Bonchev–Trinajstić information content (AvgIpc) is 2.21. The Kier molecular flexibility index (Phi) is 2.96. The minimum absolute atomic E-state index is 0.454. The summed E-state index contributed by atoms with van der Waals surface area (Å²) in [6.07, 6.45) is 2.54. The van der Waals surface area contributed by atoms with Crippen molar-refractivity contribution in [1.29, 1.82) is 0 Å². The zero-order valence-electron chi connectivity index (χ0n) is 10.7. The molecule has 0 heterocycles. The largest absolute Gasteiger partial charge is 0.508 e. The summed E-state index contributed by atoms with van der Waals surface area (Å²) < 4.78 is 0. The predicted molar refractivity (Wildman–Crippen MR) is 68.1 cm³/mol. The Bertz CT molecular complexity index is 393. The van der Waals surface area contributed by atoms with Crippen LogP contribution in [0.3, 0.4) is 0 Å². The Labute approximate surface area is 98.5 Å². The molecule has 1 heteroatoms. The second kappa shape index (κ2) is 4.12. The van der Waals surface area contributed by atoms with Gasteiger partial charge in [-0.05, 0) is 60.3 Å². The molecule has 0 spiro atoms. The fourth-order valence-corrected chi connectivity index (χ4v) is 2.92. The number of hydrogen-bond donors (Lipinski definition) is 1. The van der Waals surface area contributed by atoms with Crippen LogP contribution in [0.5, 0.6) is 5.75 Å². The molecular weight excluding hydrogens is 196 g/mol. The molecule has 16 heavy (non-hydrogen) atoms. The zero-order valence-corrected chi connectivity index (χ0v) is 10.7. The number of benzene rings is 1. The first kappa shape index (κ1) is 11.5. The standard InChI is InChI=1S/C15H22O/c1-9(2)12-6-5-10(3)13-8-15(16)11(4)7-14(12)13/h7-10,12,16H,5-6H2,1-4H3. The molecule has 2 rings (SSSR count). The third-order valence-corrected chi connectivity index (χ3v) is 4.05. The van der Waals surface area contributed by atoms with Crippen LogP contribution < -0.4 is 0 Å². The Morgan fingerprint density at radius 3 is 2.50 bits per heavy atom. The highest BCUT2D eigenvalue weighted by Gasteiger charge is 2.27. The van der Waals surface area contributed by atoms with E-state index in [1.807, 2.05) is 13.0 Å². The van der Waals surface area contributed by atoms with Gasteiger partial charge in [-0.2, -0.15) is 0 Å². The first-order valence-electron chi connectivity index (χ1n) is 6.34. The van der Waals surface area contributed by atoms with Crippen LogP contribution in [0.4, 0.5) is 0 Å². The maximum atomic E-state index is 9.82. The third kappa shape index (κ3) is 1.83. The van der Waals surface area contributed by atoms with Crippen LogP contribution >= 0.6 is 0 Å². The molecule has 1 aliphatic rings. The van der Waals surface area contributed by atoms with E-state index in [4.69, 9.17) is 0 Å². The second-order valence-corrected chi connectivity index (χ2v) is 5.60. The van der Waals surface area contributed by atoms with Crippen LogP contribution in [0.1, 0.15) is 62.1 Å². The van der Waals surface area contributed by atoms with E-state index in [0.717, 1.165) is 5.56 Å². The molecule has 0 aliphatic heterocycles. The van der Waals surface area contributed by atoms with Crippen molar-refractivity contribution in [3.05, 3.63) is 28.8 Å². The van der Waals surface area contributed by atoms with Gasteiger partial charge in [-0.3, -0.25) is 0 Å². The molecule has 1 N–H and O–H groups in total. The summed E-state index contributed by atoms with van der Waals surface area (Å²) in [5.74, 6) is 2.41. The lowest BCUT2D eigenvalue weighted by molar-refractivity contribution is 0.406. The molecule has 1 nitrogen and oxygen atoms in total. The summed E-state index contributed by atoms with van der Waals surface area (Å²) in [6.45, 7) is 8.86. The first-order valence-corrected chi connectivity index (χ1v) is 6.34. The van der Waals surface area contributed by atoms with Crippen LogP contribution in [0.25, 0.3) is 0 Å². The molecule has 2 atom stereocenters. The van der Waals surface area contributed by atoms with Crippen LogP contribution in [0, 0.1) is 12.8 Å². The van der Waals surface area contributed by atoms with Gasteiger partial charge in [-0.15, -0.1) is 0 Å². The summed E-state index contributed by atoms with van der Waals surface area (Å²) >= 11 is 0. The van der Waals surface area contributed by atoms with E-state index in [9.17, 15) is 5.11 Å². The highest BCUT2D eigenvalue weighted by Crippen LogP contribution is 2.44. The minimum Gasteiger partial charge on any atom is -0.508 e. The van der Waals surface area contributed by atoms with E-state index in [0.29, 0.717) is 23.5 Å². The lowest BCUT2D eigenvalue weighted by atomic mass is 9.72. The normalized spacial score (nSPS) is 24.6. The maximum Gasteiger partial charge on any atom is 0.118 e. The van der Waals surface area contributed by atoms with Gasteiger partial charge in [0.1, 0.15) is 5.75 Å². The van der Waals surface area contributed by atoms with Gasteiger partial charge in [0.05, 0.1) is 0 Å². The van der Waals surface area contributed by atoms with Crippen molar-refractivity contribution in [3.8, 4) is 5.75 Å². The average molecular weight is 218 g/mol. The van der Waals surface area contributed by atoms with E-state index in [2.05, 4.69) is 26.8 Å². The number of aryl methyl sites for hydroxylation is 1. The summed E-state index contributed by atoms with van der Waals surface area (Å²) in [5, 5.41) is 9.82. The van der Waals surface area contributed by atoms with E-state index in [-0.39, 0.29) is 0 Å². The minimum atomic E-state index is 0.454. The Morgan fingerprint density at radius 2 is 1.88 bits per heavy atom. The van der Waals surface area contributed by atoms with Gasteiger partial charge in [0.2, 0.25) is 0 Å². The van der Waals surface area contributed by atoms with Gasteiger partial charge in [0.15, 0.2) is 0 Å². The third-order valence-electron chi connectivity index (χ3n) is 4.05. The molecule has 1 aromatic carbocycles. The van der Waals surface area contributed by atoms with Crippen LogP contribution in [-0.4, -0.2) is 5.11 Å². The van der Waals surface area contributed by atoms with Crippen LogP contribution in [0.15, 0.2) is 12.1 Å². The van der Waals surface area contributed by atoms with E-state index in [1.165, 1.54) is 24.0 Å². The Hall–Kier alpha value is -0.980. The topological polar surface area (TPSA) is 20.2 Å². The first-order chi connectivity index (χ1) is 7.50. The van der Waals surface area contributed by atoms with Gasteiger partial charge < -0.3 is 5.11 Å². The Balaban J connectivity index is 2.52.